The normalized spacial score (nSPS) is 28.5. The van der Waals surface area contributed by atoms with Crippen molar-refractivity contribution in [1.82, 2.24) is 15.5 Å². The van der Waals surface area contributed by atoms with Crippen molar-refractivity contribution in [3.05, 3.63) is 17.5 Å². The van der Waals surface area contributed by atoms with E-state index in [2.05, 4.69) is 36.3 Å². The molecule has 4 heteroatoms. The summed E-state index contributed by atoms with van der Waals surface area (Å²) >= 11 is 0. The van der Waals surface area contributed by atoms with E-state index in [0.717, 1.165) is 25.8 Å². The predicted octanol–water partition coefficient (Wildman–Crippen LogP) is 2.20. The van der Waals surface area contributed by atoms with Gasteiger partial charge in [0.05, 0.1) is 18.4 Å². The second-order valence-corrected chi connectivity index (χ2v) is 5.50. The summed E-state index contributed by atoms with van der Waals surface area (Å²) in [5, 5.41) is 10.7. The van der Waals surface area contributed by atoms with Crippen LogP contribution in [-0.2, 0) is 11.2 Å². The highest BCUT2D eigenvalue weighted by Crippen LogP contribution is 2.18. The predicted molar refractivity (Wildman–Crippen MR) is 72.7 cm³/mol. The summed E-state index contributed by atoms with van der Waals surface area (Å²) in [5.74, 6) is 0. The minimum Gasteiger partial charge on any atom is -0.375 e. The molecular formula is C14H25N3O. The molecule has 2 rings (SSSR count). The van der Waals surface area contributed by atoms with Crippen LogP contribution in [0.25, 0.3) is 0 Å². The van der Waals surface area contributed by atoms with E-state index >= 15 is 0 Å². The lowest BCUT2D eigenvalue weighted by Gasteiger charge is -2.32. The lowest BCUT2D eigenvalue weighted by atomic mass is 9.99. The van der Waals surface area contributed by atoms with Crippen LogP contribution in [0.5, 0.6) is 0 Å². The van der Waals surface area contributed by atoms with Gasteiger partial charge in [0.15, 0.2) is 0 Å². The third-order valence-electron chi connectivity index (χ3n) is 3.69. The molecule has 1 aromatic rings. The molecule has 2 unspecified atom stereocenters. The minimum absolute atomic E-state index is 0.391. The molecule has 2 N–H and O–H groups in total. The highest BCUT2D eigenvalue weighted by molar-refractivity contribution is 5.14. The quantitative estimate of drug-likeness (QED) is 0.789. The number of aromatic amines is 1. The molecule has 0 aliphatic carbocycles. The molecule has 1 aromatic heterocycles. The molecule has 4 nitrogen and oxygen atoms in total. The van der Waals surface area contributed by atoms with Gasteiger partial charge in [-0.15, -0.1) is 0 Å². The third kappa shape index (κ3) is 3.82. The van der Waals surface area contributed by atoms with Crippen molar-refractivity contribution >= 4 is 0 Å². The van der Waals surface area contributed by atoms with Gasteiger partial charge in [0.25, 0.3) is 0 Å². The molecule has 1 aliphatic rings. The Morgan fingerprint density at radius 2 is 2.11 bits per heavy atom. The molecule has 1 aliphatic heterocycles. The largest absolute Gasteiger partial charge is 0.375 e. The average Bonchev–Trinajstić information content (AvgIpc) is 2.69. The van der Waals surface area contributed by atoms with Crippen molar-refractivity contribution in [1.29, 1.82) is 0 Å². The first-order valence-electron chi connectivity index (χ1n) is 7.03. The van der Waals surface area contributed by atoms with Crippen LogP contribution in [0.3, 0.4) is 0 Å². The summed E-state index contributed by atoms with van der Waals surface area (Å²) in [5.41, 5.74) is 2.54. The fourth-order valence-electron chi connectivity index (χ4n) is 2.78. The molecule has 1 saturated heterocycles. The van der Waals surface area contributed by atoms with Crippen LogP contribution in [0.2, 0.25) is 0 Å². The Balaban J connectivity index is 1.65. The number of rotatable bonds is 5. The molecular weight excluding hydrogens is 226 g/mol. The van der Waals surface area contributed by atoms with Gasteiger partial charge in [-0.2, -0.15) is 5.10 Å². The first-order valence-corrected chi connectivity index (χ1v) is 7.03. The van der Waals surface area contributed by atoms with Gasteiger partial charge in [-0.25, -0.2) is 0 Å². The summed E-state index contributed by atoms with van der Waals surface area (Å²) < 4.78 is 5.74. The molecule has 0 spiro atoms. The van der Waals surface area contributed by atoms with Crippen molar-refractivity contribution in [3.8, 4) is 0 Å². The van der Waals surface area contributed by atoms with Gasteiger partial charge in [-0.3, -0.25) is 5.10 Å². The number of nitrogens with one attached hydrogen (secondary N) is 2. The van der Waals surface area contributed by atoms with Crippen molar-refractivity contribution in [2.75, 3.05) is 6.54 Å². The van der Waals surface area contributed by atoms with E-state index in [1.807, 2.05) is 6.20 Å². The Kier molecular flexibility index (Phi) is 4.78. The van der Waals surface area contributed by atoms with E-state index in [-0.39, 0.29) is 0 Å². The zero-order chi connectivity index (χ0) is 13.0. The van der Waals surface area contributed by atoms with E-state index in [1.54, 1.807) is 0 Å². The Morgan fingerprint density at radius 3 is 2.72 bits per heavy atom. The molecule has 0 radical (unpaired) electrons. The molecule has 2 heterocycles. The van der Waals surface area contributed by atoms with Gasteiger partial charge >= 0.3 is 0 Å². The SMILES string of the molecule is Cc1[nH]ncc1CCCNC1CC(C)OC(C)C1. The zero-order valence-corrected chi connectivity index (χ0v) is 11.7. The smallest absolute Gasteiger partial charge is 0.0565 e. The number of hydrogen-bond donors (Lipinski definition) is 2. The minimum atomic E-state index is 0.391. The Morgan fingerprint density at radius 1 is 1.39 bits per heavy atom. The van der Waals surface area contributed by atoms with Gasteiger partial charge in [-0.1, -0.05) is 0 Å². The van der Waals surface area contributed by atoms with Crippen molar-refractivity contribution < 1.29 is 4.74 Å². The molecule has 2 atom stereocenters. The summed E-state index contributed by atoms with van der Waals surface area (Å²) in [4.78, 5) is 0. The van der Waals surface area contributed by atoms with E-state index in [4.69, 9.17) is 4.74 Å². The molecule has 0 bridgehead atoms. The van der Waals surface area contributed by atoms with Crippen molar-refractivity contribution in [3.63, 3.8) is 0 Å². The Bertz CT molecular complexity index is 354. The zero-order valence-electron chi connectivity index (χ0n) is 11.7. The number of aryl methyl sites for hydroxylation is 2. The third-order valence-corrected chi connectivity index (χ3v) is 3.69. The van der Waals surface area contributed by atoms with Crippen LogP contribution in [0.1, 0.15) is 44.4 Å². The van der Waals surface area contributed by atoms with Gasteiger partial charge in [0.1, 0.15) is 0 Å². The van der Waals surface area contributed by atoms with Crippen molar-refractivity contribution in [2.45, 2.75) is 64.7 Å². The topological polar surface area (TPSA) is 49.9 Å². The maximum absolute atomic E-state index is 5.74. The second kappa shape index (κ2) is 6.34. The number of hydrogen-bond acceptors (Lipinski definition) is 3. The average molecular weight is 251 g/mol. The fraction of sp³-hybridized carbons (Fsp3) is 0.786. The highest BCUT2D eigenvalue weighted by atomic mass is 16.5. The second-order valence-electron chi connectivity index (χ2n) is 5.50. The Hall–Kier alpha value is -0.870. The van der Waals surface area contributed by atoms with Crippen molar-refractivity contribution in [2.24, 2.45) is 0 Å². The van der Waals surface area contributed by atoms with Crippen LogP contribution in [0.4, 0.5) is 0 Å². The Labute approximate surface area is 110 Å². The van der Waals surface area contributed by atoms with Crippen LogP contribution in [0.15, 0.2) is 6.20 Å². The van der Waals surface area contributed by atoms with Gasteiger partial charge in [0.2, 0.25) is 0 Å². The van der Waals surface area contributed by atoms with Gasteiger partial charge in [0, 0.05) is 11.7 Å². The van der Waals surface area contributed by atoms with Crippen LogP contribution in [0, 0.1) is 6.92 Å². The molecule has 1 fully saturated rings. The number of aromatic nitrogens is 2. The summed E-state index contributed by atoms with van der Waals surface area (Å²) in [6, 6.07) is 0.620. The number of nitrogens with zero attached hydrogens (tertiary/aromatic N) is 1. The molecule has 0 saturated carbocycles. The maximum atomic E-state index is 5.74. The lowest BCUT2D eigenvalue weighted by molar-refractivity contribution is -0.0419. The van der Waals surface area contributed by atoms with Crippen LogP contribution < -0.4 is 5.32 Å². The monoisotopic (exact) mass is 251 g/mol. The molecule has 0 amide bonds. The molecule has 18 heavy (non-hydrogen) atoms. The van der Waals surface area contributed by atoms with Crippen LogP contribution >= 0.6 is 0 Å². The van der Waals surface area contributed by atoms with E-state index in [0.29, 0.717) is 18.2 Å². The summed E-state index contributed by atoms with van der Waals surface area (Å²) in [7, 11) is 0. The first kappa shape index (κ1) is 13.6. The van der Waals surface area contributed by atoms with E-state index in [1.165, 1.54) is 17.7 Å². The number of H-pyrrole nitrogens is 1. The highest BCUT2D eigenvalue weighted by Gasteiger charge is 2.23. The molecule has 0 aromatic carbocycles. The van der Waals surface area contributed by atoms with Gasteiger partial charge < -0.3 is 10.1 Å². The van der Waals surface area contributed by atoms with Gasteiger partial charge in [-0.05, 0) is 58.6 Å². The molecule has 102 valence electrons. The van der Waals surface area contributed by atoms with Crippen LogP contribution in [-0.4, -0.2) is 35.0 Å². The van der Waals surface area contributed by atoms with E-state index in [9.17, 15) is 0 Å². The first-order chi connectivity index (χ1) is 8.65. The fourth-order valence-corrected chi connectivity index (χ4v) is 2.78. The summed E-state index contributed by atoms with van der Waals surface area (Å²) in [6.45, 7) is 7.49. The summed E-state index contributed by atoms with van der Waals surface area (Å²) in [6.07, 6.45) is 7.26. The number of ether oxygens (including phenoxy) is 1. The van der Waals surface area contributed by atoms with E-state index < -0.39 is 0 Å². The standard InChI is InChI=1S/C14H25N3O/c1-10-7-14(8-11(2)18-10)15-6-4-5-13-9-16-17-12(13)3/h9-11,14-15H,4-8H2,1-3H3,(H,16,17). The lowest BCUT2D eigenvalue weighted by Crippen LogP contribution is -2.41. The maximum Gasteiger partial charge on any atom is 0.0565 e.